The van der Waals surface area contributed by atoms with E-state index >= 15 is 0 Å². The van der Waals surface area contributed by atoms with E-state index in [1.807, 2.05) is 20.8 Å². The Hall–Kier alpha value is -2.12. The molecule has 1 N–H and O–H groups in total. The highest BCUT2D eigenvalue weighted by Gasteiger charge is 2.32. The molecule has 1 aliphatic heterocycles. The van der Waals surface area contributed by atoms with Gasteiger partial charge in [-0.1, -0.05) is 5.16 Å². The summed E-state index contributed by atoms with van der Waals surface area (Å²) < 4.78 is 10.5. The molecule has 1 atom stereocenters. The van der Waals surface area contributed by atoms with Gasteiger partial charge in [0.2, 0.25) is 11.8 Å². The molecule has 2 aliphatic rings. The molecule has 2 fully saturated rings. The molecule has 1 saturated heterocycles. The number of rotatable bonds is 4. The molecule has 1 aromatic rings. The lowest BCUT2D eigenvalue weighted by Crippen LogP contribution is -2.46. The van der Waals surface area contributed by atoms with E-state index in [2.05, 4.69) is 15.5 Å². The Morgan fingerprint density at radius 2 is 2.08 bits per heavy atom. The molecule has 2 amide bonds. The highest BCUT2D eigenvalue weighted by atomic mass is 16.6. The van der Waals surface area contributed by atoms with Gasteiger partial charge < -0.3 is 19.5 Å². The maximum Gasteiger partial charge on any atom is 0.410 e. The Bertz CT molecular complexity index is 633. The molecular weight excluding hydrogens is 324 g/mol. The van der Waals surface area contributed by atoms with Crippen molar-refractivity contribution in [1.82, 2.24) is 20.4 Å². The highest BCUT2D eigenvalue weighted by Crippen LogP contribution is 2.38. The van der Waals surface area contributed by atoms with Gasteiger partial charge in [-0.05, 0) is 46.5 Å². The lowest BCUT2D eigenvalue weighted by atomic mass is 9.97. The Labute approximate surface area is 147 Å². The maximum absolute atomic E-state index is 12.4. The van der Waals surface area contributed by atoms with Crippen LogP contribution in [0.4, 0.5) is 4.79 Å². The third-order valence-electron chi connectivity index (χ3n) is 4.28. The van der Waals surface area contributed by atoms with E-state index in [-0.39, 0.29) is 24.5 Å². The van der Waals surface area contributed by atoms with Crippen molar-refractivity contribution in [2.24, 2.45) is 5.92 Å². The first-order chi connectivity index (χ1) is 11.8. The first-order valence-electron chi connectivity index (χ1n) is 8.90. The quantitative estimate of drug-likeness (QED) is 0.894. The number of carbonyl (C=O) groups is 2. The van der Waals surface area contributed by atoms with Crippen LogP contribution in [0.5, 0.6) is 0 Å². The molecule has 138 valence electrons. The van der Waals surface area contributed by atoms with Crippen LogP contribution in [0.2, 0.25) is 0 Å². The van der Waals surface area contributed by atoms with Crippen LogP contribution < -0.4 is 5.32 Å². The van der Waals surface area contributed by atoms with Gasteiger partial charge in [-0.15, -0.1) is 0 Å². The molecule has 8 heteroatoms. The summed E-state index contributed by atoms with van der Waals surface area (Å²) in [7, 11) is 0. The zero-order valence-corrected chi connectivity index (χ0v) is 15.1. The SMILES string of the molecule is CC(C)(C)OC(=O)N1CCC[C@H](C(=O)NCc2nc(C3CC3)no2)C1. The largest absolute Gasteiger partial charge is 0.444 e. The summed E-state index contributed by atoms with van der Waals surface area (Å²) >= 11 is 0. The molecule has 0 aromatic carbocycles. The van der Waals surface area contributed by atoms with Crippen LogP contribution in [0.15, 0.2) is 4.52 Å². The van der Waals surface area contributed by atoms with Gasteiger partial charge in [0.1, 0.15) is 5.60 Å². The summed E-state index contributed by atoms with van der Waals surface area (Å²) in [5.41, 5.74) is -0.538. The van der Waals surface area contributed by atoms with Crippen LogP contribution in [0.1, 0.15) is 64.1 Å². The predicted molar refractivity (Wildman–Crippen MR) is 88.7 cm³/mol. The molecule has 0 radical (unpaired) electrons. The van der Waals surface area contributed by atoms with Gasteiger partial charge in [0.25, 0.3) is 0 Å². The van der Waals surface area contributed by atoms with Crippen molar-refractivity contribution in [1.29, 1.82) is 0 Å². The topological polar surface area (TPSA) is 97.6 Å². The van der Waals surface area contributed by atoms with Crippen LogP contribution in [-0.2, 0) is 16.1 Å². The summed E-state index contributed by atoms with van der Waals surface area (Å²) in [5, 5.41) is 6.77. The summed E-state index contributed by atoms with van der Waals surface area (Å²) in [6.07, 6.45) is 3.38. The number of carbonyl (C=O) groups excluding carboxylic acids is 2. The fourth-order valence-corrected chi connectivity index (χ4v) is 2.84. The Morgan fingerprint density at radius 1 is 1.32 bits per heavy atom. The molecule has 0 spiro atoms. The molecule has 8 nitrogen and oxygen atoms in total. The monoisotopic (exact) mass is 350 g/mol. The Balaban J connectivity index is 1.48. The van der Waals surface area contributed by atoms with Crippen molar-refractivity contribution in [3.05, 3.63) is 11.7 Å². The van der Waals surface area contributed by atoms with Gasteiger partial charge in [0, 0.05) is 19.0 Å². The van der Waals surface area contributed by atoms with Crippen molar-refractivity contribution < 1.29 is 18.8 Å². The number of hydrogen-bond donors (Lipinski definition) is 1. The number of aromatic nitrogens is 2. The van der Waals surface area contributed by atoms with E-state index in [0.717, 1.165) is 31.5 Å². The molecule has 1 aliphatic carbocycles. The Morgan fingerprint density at radius 3 is 2.76 bits per heavy atom. The van der Waals surface area contributed by atoms with E-state index in [9.17, 15) is 9.59 Å². The van der Waals surface area contributed by atoms with E-state index in [1.54, 1.807) is 4.90 Å². The van der Waals surface area contributed by atoms with Gasteiger partial charge >= 0.3 is 6.09 Å². The van der Waals surface area contributed by atoms with Crippen molar-refractivity contribution >= 4 is 12.0 Å². The van der Waals surface area contributed by atoms with Gasteiger partial charge in [-0.2, -0.15) is 4.98 Å². The summed E-state index contributed by atoms with van der Waals surface area (Å²) in [4.78, 5) is 30.5. The van der Waals surface area contributed by atoms with Crippen molar-refractivity contribution in [3.8, 4) is 0 Å². The smallest absolute Gasteiger partial charge is 0.410 e. The van der Waals surface area contributed by atoms with Gasteiger partial charge in [-0.3, -0.25) is 4.79 Å². The normalized spacial score (nSPS) is 21.1. The van der Waals surface area contributed by atoms with Gasteiger partial charge in [0.15, 0.2) is 5.82 Å². The molecule has 0 bridgehead atoms. The first kappa shape index (κ1) is 17.7. The number of hydrogen-bond acceptors (Lipinski definition) is 6. The van der Waals surface area contributed by atoms with E-state index in [0.29, 0.717) is 24.9 Å². The first-order valence-corrected chi connectivity index (χ1v) is 8.90. The standard InChI is InChI=1S/C17H26N4O4/c1-17(2,3)24-16(23)21-8-4-5-12(10-21)15(22)18-9-13-19-14(20-25-13)11-6-7-11/h11-12H,4-10H2,1-3H3,(H,18,22)/t12-/m0/s1. The second-order valence-electron chi connectivity index (χ2n) is 7.80. The zero-order valence-electron chi connectivity index (χ0n) is 15.1. The second-order valence-corrected chi connectivity index (χ2v) is 7.80. The third kappa shape index (κ3) is 4.93. The van der Waals surface area contributed by atoms with Crippen LogP contribution in [0, 0.1) is 5.92 Å². The number of likely N-dealkylation sites (tertiary alicyclic amines) is 1. The predicted octanol–water partition coefficient (Wildman–Crippen LogP) is 2.21. The molecule has 1 saturated carbocycles. The molecule has 2 heterocycles. The molecule has 25 heavy (non-hydrogen) atoms. The summed E-state index contributed by atoms with van der Waals surface area (Å²) in [5.74, 6) is 1.24. The van der Waals surface area contributed by atoms with Crippen LogP contribution in [-0.4, -0.2) is 45.7 Å². The lowest BCUT2D eigenvalue weighted by molar-refractivity contribution is -0.126. The van der Waals surface area contributed by atoms with Gasteiger partial charge in [-0.25, -0.2) is 4.79 Å². The van der Waals surface area contributed by atoms with Crippen LogP contribution in [0.3, 0.4) is 0 Å². The highest BCUT2D eigenvalue weighted by molar-refractivity contribution is 5.79. The van der Waals surface area contributed by atoms with E-state index in [4.69, 9.17) is 9.26 Å². The second kappa shape index (κ2) is 7.01. The fraction of sp³-hybridized carbons (Fsp3) is 0.765. The van der Waals surface area contributed by atoms with E-state index < -0.39 is 5.60 Å². The van der Waals surface area contributed by atoms with Crippen molar-refractivity contribution in [2.75, 3.05) is 13.1 Å². The zero-order chi connectivity index (χ0) is 18.0. The maximum atomic E-state index is 12.4. The molecule has 3 rings (SSSR count). The average molecular weight is 350 g/mol. The third-order valence-corrected chi connectivity index (χ3v) is 4.28. The number of ether oxygens (including phenoxy) is 1. The minimum Gasteiger partial charge on any atom is -0.444 e. The number of piperidine rings is 1. The van der Waals surface area contributed by atoms with Crippen LogP contribution in [0.25, 0.3) is 0 Å². The Kier molecular flexibility index (Phi) is 4.96. The minimum atomic E-state index is -0.538. The molecular formula is C17H26N4O4. The van der Waals surface area contributed by atoms with E-state index in [1.165, 1.54) is 0 Å². The molecule has 0 unspecified atom stereocenters. The van der Waals surface area contributed by atoms with Gasteiger partial charge in [0.05, 0.1) is 12.5 Å². The van der Waals surface area contributed by atoms with Crippen LogP contribution >= 0.6 is 0 Å². The van der Waals surface area contributed by atoms with Crippen molar-refractivity contribution in [2.45, 2.75) is 64.5 Å². The summed E-state index contributed by atoms with van der Waals surface area (Å²) in [6, 6.07) is 0. The molecule has 1 aromatic heterocycles. The minimum absolute atomic E-state index is 0.0977. The average Bonchev–Trinajstić information content (AvgIpc) is 3.30. The summed E-state index contributed by atoms with van der Waals surface area (Å²) in [6.45, 7) is 6.71. The fourth-order valence-electron chi connectivity index (χ4n) is 2.84. The number of nitrogens with one attached hydrogen (secondary N) is 1. The number of nitrogens with zero attached hydrogens (tertiary/aromatic N) is 3. The van der Waals surface area contributed by atoms with Crippen molar-refractivity contribution in [3.63, 3.8) is 0 Å². The number of amides is 2. The lowest BCUT2D eigenvalue weighted by Gasteiger charge is -2.33.